The number of para-hydroxylation sites is 1. The van der Waals surface area contributed by atoms with Crippen LogP contribution in [0.1, 0.15) is 29.0 Å². The molecular formula is C21H22BrN3O4. The first-order valence-corrected chi connectivity index (χ1v) is 9.90. The van der Waals surface area contributed by atoms with Crippen LogP contribution in [-0.2, 0) is 4.79 Å². The zero-order chi connectivity index (χ0) is 21.0. The Morgan fingerprint density at radius 2 is 2.10 bits per heavy atom. The van der Waals surface area contributed by atoms with E-state index in [1.54, 1.807) is 23.1 Å². The smallest absolute Gasteiger partial charge is 0.258 e. The second-order valence-corrected chi connectivity index (χ2v) is 7.21. The predicted molar refractivity (Wildman–Crippen MR) is 114 cm³/mol. The summed E-state index contributed by atoms with van der Waals surface area (Å²) in [7, 11) is 0. The first kappa shape index (κ1) is 20.7. The van der Waals surface area contributed by atoms with E-state index in [-0.39, 0.29) is 12.5 Å². The molecular weight excluding hydrogens is 438 g/mol. The van der Waals surface area contributed by atoms with Gasteiger partial charge in [-0.25, -0.2) is 0 Å². The number of fused-ring (bicyclic) bond motifs is 1. The molecule has 1 unspecified atom stereocenters. The molecule has 0 fully saturated rings. The molecule has 29 heavy (non-hydrogen) atoms. The van der Waals surface area contributed by atoms with Gasteiger partial charge < -0.3 is 25.4 Å². The molecule has 3 rings (SSSR count). The summed E-state index contributed by atoms with van der Waals surface area (Å²) in [5.41, 5.74) is 7.34. The van der Waals surface area contributed by atoms with Gasteiger partial charge in [-0.3, -0.25) is 9.59 Å². The van der Waals surface area contributed by atoms with E-state index in [2.05, 4.69) is 27.8 Å². The van der Waals surface area contributed by atoms with Gasteiger partial charge in [0.2, 0.25) is 0 Å². The van der Waals surface area contributed by atoms with Gasteiger partial charge in [-0.05, 0) is 52.7 Å². The summed E-state index contributed by atoms with van der Waals surface area (Å²) in [5, 5.41) is 3.41. The van der Waals surface area contributed by atoms with Gasteiger partial charge in [0.05, 0.1) is 16.6 Å². The highest BCUT2D eigenvalue weighted by atomic mass is 79.9. The lowest BCUT2D eigenvalue weighted by molar-refractivity contribution is -0.119. The SMILES string of the molecule is C=CCN1C(=O)c2ccccc2NC1c1cc(Br)c(OCC(N)=O)c(OCC)c1. The monoisotopic (exact) mass is 459 g/mol. The zero-order valence-electron chi connectivity index (χ0n) is 16.0. The largest absolute Gasteiger partial charge is 0.490 e. The van der Waals surface area contributed by atoms with Crippen LogP contribution in [0, 0.1) is 0 Å². The highest BCUT2D eigenvalue weighted by molar-refractivity contribution is 9.10. The van der Waals surface area contributed by atoms with Gasteiger partial charge in [0.25, 0.3) is 11.8 Å². The van der Waals surface area contributed by atoms with Crippen molar-refractivity contribution in [2.45, 2.75) is 13.1 Å². The van der Waals surface area contributed by atoms with Crippen LogP contribution in [0.15, 0.2) is 53.5 Å². The van der Waals surface area contributed by atoms with Gasteiger partial charge in [0.1, 0.15) is 6.17 Å². The number of amides is 2. The highest BCUT2D eigenvalue weighted by Crippen LogP contribution is 2.41. The molecule has 1 heterocycles. The maximum absolute atomic E-state index is 13.0. The third kappa shape index (κ3) is 4.37. The molecule has 152 valence electrons. The summed E-state index contributed by atoms with van der Waals surface area (Å²) >= 11 is 3.48. The Balaban J connectivity index is 2.04. The number of ether oxygens (including phenoxy) is 2. The average molecular weight is 460 g/mol. The molecule has 1 aliphatic heterocycles. The van der Waals surface area contributed by atoms with Crippen molar-refractivity contribution in [1.29, 1.82) is 0 Å². The van der Waals surface area contributed by atoms with E-state index in [4.69, 9.17) is 15.2 Å². The van der Waals surface area contributed by atoms with E-state index in [9.17, 15) is 9.59 Å². The third-order valence-electron chi connectivity index (χ3n) is 4.35. The third-order valence-corrected chi connectivity index (χ3v) is 4.94. The van der Waals surface area contributed by atoms with Gasteiger partial charge in [0, 0.05) is 12.2 Å². The van der Waals surface area contributed by atoms with Crippen molar-refractivity contribution in [2.75, 3.05) is 25.1 Å². The fraction of sp³-hybridized carbons (Fsp3) is 0.238. The number of nitrogens with one attached hydrogen (secondary N) is 1. The first-order chi connectivity index (χ1) is 14.0. The Labute approximate surface area is 177 Å². The lowest BCUT2D eigenvalue weighted by Gasteiger charge is -2.38. The molecule has 0 saturated carbocycles. The summed E-state index contributed by atoms with van der Waals surface area (Å²) < 4.78 is 11.8. The van der Waals surface area contributed by atoms with Crippen molar-refractivity contribution < 1.29 is 19.1 Å². The molecule has 8 heteroatoms. The molecule has 3 N–H and O–H groups in total. The van der Waals surface area contributed by atoms with Gasteiger partial charge >= 0.3 is 0 Å². The second-order valence-electron chi connectivity index (χ2n) is 6.36. The highest BCUT2D eigenvalue weighted by Gasteiger charge is 2.33. The Morgan fingerprint density at radius 3 is 2.79 bits per heavy atom. The number of carbonyl (C=O) groups excluding carboxylic acids is 2. The predicted octanol–water partition coefficient (Wildman–Crippen LogP) is 3.46. The van der Waals surface area contributed by atoms with Gasteiger partial charge in [-0.15, -0.1) is 6.58 Å². The van der Waals surface area contributed by atoms with Crippen LogP contribution < -0.4 is 20.5 Å². The van der Waals surface area contributed by atoms with Crippen molar-refractivity contribution in [3.63, 3.8) is 0 Å². The molecule has 0 saturated heterocycles. The van der Waals surface area contributed by atoms with Crippen LogP contribution in [-0.4, -0.2) is 36.5 Å². The van der Waals surface area contributed by atoms with Gasteiger partial charge in [-0.1, -0.05) is 18.2 Å². The summed E-state index contributed by atoms with van der Waals surface area (Å²) in [6, 6.07) is 11.0. The number of halogens is 1. The minimum absolute atomic E-state index is 0.0904. The molecule has 2 aromatic rings. The Morgan fingerprint density at radius 1 is 1.34 bits per heavy atom. The summed E-state index contributed by atoms with van der Waals surface area (Å²) in [5.74, 6) is 0.154. The summed E-state index contributed by atoms with van der Waals surface area (Å²) in [6.07, 6.45) is 1.25. The minimum atomic E-state index is -0.586. The molecule has 0 aliphatic carbocycles. The Kier molecular flexibility index (Phi) is 6.43. The Hall–Kier alpha value is -3.00. The van der Waals surface area contributed by atoms with Gasteiger partial charge in [-0.2, -0.15) is 0 Å². The number of primary amides is 1. The molecule has 0 aromatic heterocycles. The molecule has 2 aromatic carbocycles. The van der Waals surface area contributed by atoms with Crippen molar-refractivity contribution in [3.05, 3.63) is 64.7 Å². The molecule has 0 spiro atoms. The molecule has 0 bridgehead atoms. The van der Waals surface area contributed by atoms with E-state index in [1.807, 2.05) is 31.2 Å². The topological polar surface area (TPSA) is 93.9 Å². The van der Waals surface area contributed by atoms with E-state index in [0.717, 1.165) is 11.3 Å². The number of hydrogen-bond acceptors (Lipinski definition) is 5. The number of nitrogens with zero attached hydrogens (tertiary/aromatic N) is 1. The fourth-order valence-corrected chi connectivity index (χ4v) is 3.75. The fourth-order valence-electron chi connectivity index (χ4n) is 3.18. The lowest BCUT2D eigenvalue weighted by atomic mass is 10.0. The Bertz CT molecular complexity index is 948. The normalized spacial score (nSPS) is 15.3. The number of nitrogens with two attached hydrogens (primary N) is 1. The van der Waals surface area contributed by atoms with Crippen LogP contribution in [0.4, 0.5) is 5.69 Å². The van der Waals surface area contributed by atoms with E-state index >= 15 is 0 Å². The molecule has 1 atom stereocenters. The van der Waals surface area contributed by atoms with Crippen molar-refractivity contribution >= 4 is 33.4 Å². The van der Waals surface area contributed by atoms with Crippen molar-refractivity contribution in [3.8, 4) is 11.5 Å². The first-order valence-electron chi connectivity index (χ1n) is 9.11. The lowest BCUT2D eigenvalue weighted by Crippen LogP contribution is -2.43. The zero-order valence-corrected chi connectivity index (χ0v) is 17.6. The maximum Gasteiger partial charge on any atom is 0.258 e. The number of hydrogen-bond donors (Lipinski definition) is 2. The summed E-state index contributed by atoms with van der Waals surface area (Å²) in [6.45, 7) is 6.12. The number of rotatable bonds is 8. The van der Waals surface area contributed by atoms with Crippen LogP contribution in [0.3, 0.4) is 0 Å². The molecule has 7 nitrogen and oxygen atoms in total. The number of carbonyl (C=O) groups is 2. The van der Waals surface area contributed by atoms with Gasteiger partial charge in [0.15, 0.2) is 18.1 Å². The van der Waals surface area contributed by atoms with Crippen molar-refractivity contribution in [1.82, 2.24) is 4.90 Å². The van der Waals surface area contributed by atoms with Crippen LogP contribution >= 0.6 is 15.9 Å². The van der Waals surface area contributed by atoms with E-state index < -0.39 is 12.1 Å². The minimum Gasteiger partial charge on any atom is -0.490 e. The van der Waals surface area contributed by atoms with Crippen LogP contribution in [0.2, 0.25) is 0 Å². The maximum atomic E-state index is 13.0. The number of benzene rings is 2. The van der Waals surface area contributed by atoms with E-state index in [0.29, 0.717) is 34.7 Å². The second kappa shape index (κ2) is 9.00. The number of anilines is 1. The molecule has 0 radical (unpaired) electrons. The quantitative estimate of drug-likeness (QED) is 0.589. The average Bonchev–Trinajstić information content (AvgIpc) is 2.69. The molecule has 2 amide bonds. The van der Waals surface area contributed by atoms with E-state index in [1.165, 1.54) is 0 Å². The summed E-state index contributed by atoms with van der Waals surface area (Å²) in [4.78, 5) is 25.9. The van der Waals surface area contributed by atoms with Crippen molar-refractivity contribution in [2.24, 2.45) is 5.73 Å². The standard InChI is InChI=1S/C21H22BrN3O4/c1-3-9-25-20(24-16-8-6-5-7-14(16)21(25)27)13-10-15(22)19(29-12-18(23)26)17(11-13)28-4-2/h3,5-8,10-11,20,24H,1,4,9,12H2,2H3,(H2,23,26). The molecule has 1 aliphatic rings. The van der Waals surface area contributed by atoms with Crippen LogP contribution in [0.25, 0.3) is 0 Å². The van der Waals surface area contributed by atoms with Crippen LogP contribution in [0.5, 0.6) is 11.5 Å².